The second kappa shape index (κ2) is 4.37. The van der Waals surface area contributed by atoms with Crippen molar-refractivity contribution in [3.8, 4) is 0 Å². The van der Waals surface area contributed by atoms with Crippen LogP contribution in [0.4, 0.5) is 0 Å². The molecule has 0 aromatic rings. The van der Waals surface area contributed by atoms with Crippen LogP contribution in [0.5, 0.6) is 0 Å². The summed E-state index contributed by atoms with van der Waals surface area (Å²) in [5, 5.41) is 2.77. The molecule has 2 fully saturated rings. The molecule has 2 heterocycles. The molecule has 0 aliphatic carbocycles. The first kappa shape index (κ1) is 11.3. The lowest BCUT2D eigenvalue weighted by atomic mass is 10.3. The molecule has 2 unspecified atom stereocenters. The van der Waals surface area contributed by atoms with Crippen molar-refractivity contribution >= 4 is 10.0 Å². The van der Waals surface area contributed by atoms with Crippen molar-refractivity contribution in [1.29, 1.82) is 0 Å². The van der Waals surface area contributed by atoms with Gasteiger partial charge in [0.05, 0.1) is 5.25 Å². The highest BCUT2D eigenvalue weighted by atomic mass is 32.2. The summed E-state index contributed by atoms with van der Waals surface area (Å²) in [5.41, 5.74) is 0. The summed E-state index contributed by atoms with van der Waals surface area (Å²) in [6, 6.07) is 0. The molecule has 0 spiro atoms. The molecule has 6 heteroatoms. The number of nitrogens with zero attached hydrogens (tertiary/aromatic N) is 1. The number of hydrogen-bond donors (Lipinski definition) is 1. The van der Waals surface area contributed by atoms with E-state index < -0.39 is 10.0 Å². The maximum Gasteiger partial charge on any atom is 0.220 e. The first-order valence-electron chi connectivity index (χ1n) is 5.45. The summed E-state index contributed by atoms with van der Waals surface area (Å²) in [7, 11) is -3.18. The minimum Gasteiger partial charge on any atom is -0.362 e. The quantitative estimate of drug-likeness (QED) is 0.679. The smallest absolute Gasteiger partial charge is 0.220 e. The van der Waals surface area contributed by atoms with Gasteiger partial charge in [-0.15, -0.1) is 0 Å². The van der Waals surface area contributed by atoms with Crippen molar-refractivity contribution < 1.29 is 13.2 Å². The number of ether oxygens (including phenoxy) is 1. The molecule has 2 rings (SSSR count). The summed E-state index contributed by atoms with van der Waals surface area (Å²) in [6.45, 7) is 4.19. The van der Waals surface area contributed by atoms with E-state index in [-0.39, 0.29) is 11.5 Å². The predicted octanol–water partition coefficient (Wildman–Crippen LogP) is -0.254. The second-order valence-corrected chi connectivity index (χ2v) is 6.44. The average molecular weight is 234 g/mol. The Kier molecular flexibility index (Phi) is 3.30. The van der Waals surface area contributed by atoms with E-state index in [1.165, 1.54) is 4.31 Å². The summed E-state index contributed by atoms with van der Waals surface area (Å²) >= 11 is 0. The lowest BCUT2D eigenvalue weighted by molar-refractivity contribution is 0.0292. The highest BCUT2D eigenvalue weighted by Crippen LogP contribution is 2.22. The Hall–Kier alpha value is -0.170. The molecule has 2 saturated heterocycles. The number of rotatable bonds is 1. The van der Waals surface area contributed by atoms with E-state index in [1.807, 2.05) is 0 Å². The number of sulfonamides is 1. The lowest BCUT2D eigenvalue weighted by Gasteiger charge is -2.27. The maximum absolute atomic E-state index is 12.1. The molecule has 1 N–H and O–H groups in total. The summed E-state index contributed by atoms with van der Waals surface area (Å²) < 4.78 is 31.2. The van der Waals surface area contributed by atoms with Gasteiger partial charge in [0.1, 0.15) is 6.23 Å². The van der Waals surface area contributed by atoms with Crippen LogP contribution in [0.3, 0.4) is 0 Å². The topological polar surface area (TPSA) is 58.6 Å². The molecule has 0 aromatic carbocycles. The molecule has 0 aromatic heterocycles. The molecule has 0 radical (unpaired) electrons. The first-order chi connectivity index (χ1) is 7.12. The molecule has 0 saturated carbocycles. The van der Waals surface area contributed by atoms with Crippen LogP contribution in [0.25, 0.3) is 0 Å². The van der Waals surface area contributed by atoms with Crippen molar-refractivity contribution in [2.24, 2.45) is 0 Å². The zero-order valence-corrected chi connectivity index (χ0v) is 9.79. The van der Waals surface area contributed by atoms with Crippen LogP contribution >= 0.6 is 0 Å². The molecule has 0 bridgehead atoms. The normalized spacial score (nSPS) is 37.7. The standard InChI is InChI=1S/C9H18N2O3S/c1-8-7-10-4-5-11(15(8,12)13)9-3-2-6-14-9/h8-10H,2-7H2,1H3. The van der Waals surface area contributed by atoms with Crippen molar-refractivity contribution in [1.82, 2.24) is 9.62 Å². The predicted molar refractivity (Wildman–Crippen MR) is 56.9 cm³/mol. The van der Waals surface area contributed by atoms with E-state index in [2.05, 4.69) is 5.32 Å². The highest BCUT2D eigenvalue weighted by Gasteiger charge is 2.37. The van der Waals surface area contributed by atoms with Gasteiger partial charge in [-0.25, -0.2) is 8.42 Å². The molecule has 2 aliphatic heterocycles. The SMILES string of the molecule is CC1CNCCN(C2CCCO2)S1(=O)=O. The van der Waals surface area contributed by atoms with Crippen molar-refractivity contribution in [2.75, 3.05) is 26.2 Å². The van der Waals surface area contributed by atoms with E-state index in [0.717, 1.165) is 12.8 Å². The minimum absolute atomic E-state index is 0.225. The third kappa shape index (κ3) is 2.18. The molecule has 15 heavy (non-hydrogen) atoms. The molecule has 0 amide bonds. The summed E-state index contributed by atoms with van der Waals surface area (Å²) in [5.74, 6) is 0. The van der Waals surface area contributed by atoms with Gasteiger partial charge in [-0.1, -0.05) is 0 Å². The van der Waals surface area contributed by atoms with Gasteiger partial charge >= 0.3 is 0 Å². The molecular formula is C9H18N2O3S. The van der Waals surface area contributed by atoms with Crippen LogP contribution in [0.2, 0.25) is 0 Å². The van der Waals surface area contributed by atoms with Gasteiger partial charge in [0, 0.05) is 26.2 Å². The fraction of sp³-hybridized carbons (Fsp3) is 1.00. The largest absolute Gasteiger partial charge is 0.362 e. The first-order valence-corrected chi connectivity index (χ1v) is 6.95. The van der Waals surface area contributed by atoms with E-state index in [1.54, 1.807) is 6.92 Å². The van der Waals surface area contributed by atoms with E-state index >= 15 is 0 Å². The Balaban J connectivity index is 2.19. The third-order valence-electron chi connectivity index (χ3n) is 3.00. The number of hydrogen-bond acceptors (Lipinski definition) is 4. The van der Waals surface area contributed by atoms with Gasteiger partial charge in [0.2, 0.25) is 10.0 Å². The van der Waals surface area contributed by atoms with Gasteiger partial charge in [-0.2, -0.15) is 4.31 Å². The summed E-state index contributed by atoms with van der Waals surface area (Å²) in [4.78, 5) is 0. The lowest BCUT2D eigenvalue weighted by Crippen LogP contribution is -2.44. The molecule has 2 atom stereocenters. The van der Waals surface area contributed by atoms with Crippen LogP contribution in [0.1, 0.15) is 19.8 Å². The molecule has 2 aliphatic rings. The van der Waals surface area contributed by atoms with Crippen molar-refractivity contribution in [3.63, 3.8) is 0 Å². The molecule has 88 valence electrons. The number of nitrogens with one attached hydrogen (secondary N) is 1. The zero-order chi connectivity index (χ0) is 10.9. The van der Waals surface area contributed by atoms with Gasteiger partial charge in [0.15, 0.2) is 0 Å². The van der Waals surface area contributed by atoms with E-state index in [9.17, 15) is 8.42 Å². The van der Waals surface area contributed by atoms with Crippen LogP contribution < -0.4 is 5.32 Å². The Morgan fingerprint density at radius 3 is 2.93 bits per heavy atom. The fourth-order valence-corrected chi connectivity index (χ4v) is 3.68. The molecular weight excluding hydrogens is 216 g/mol. The Morgan fingerprint density at radius 2 is 2.27 bits per heavy atom. The van der Waals surface area contributed by atoms with Gasteiger partial charge in [0.25, 0.3) is 0 Å². The van der Waals surface area contributed by atoms with E-state index in [4.69, 9.17) is 4.74 Å². The zero-order valence-electron chi connectivity index (χ0n) is 8.98. The van der Waals surface area contributed by atoms with Crippen LogP contribution in [0.15, 0.2) is 0 Å². The van der Waals surface area contributed by atoms with E-state index in [0.29, 0.717) is 26.2 Å². The molecule has 5 nitrogen and oxygen atoms in total. The van der Waals surface area contributed by atoms with Crippen molar-refractivity contribution in [2.45, 2.75) is 31.2 Å². The summed E-state index contributed by atoms with van der Waals surface area (Å²) in [6.07, 6.45) is 1.56. The Labute approximate surface area is 90.8 Å². The van der Waals surface area contributed by atoms with Crippen molar-refractivity contribution in [3.05, 3.63) is 0 Å². The Bertz CT molecular complexity index is 311. The highest BCUT2D eigenvalue weighted by molar-refractivity contribution is 7.89. The Morgan fingerprint density at radius 1 is 1.47 bits per heavy atom. The average Bonchev–Trinajstić information content (AvgIpc) is 2.65. The third-order valence-corrected chi connectivity index (χ3v) is 5.26. The maximum atomic E-state index is 12.1. The van der Waals surface area contributed by atoms with Gasteiger partial charge < -0.3 is 10.1 Å². The van der Waals surface area contributed by atoms with Gasteiger partial charge in [-0.3, -0.25) is 0 Å². The van der Waals surface area contributed by atoms with Crippen LogP contribution in [-0.4, -0.2) is 50.4 Å². The van der Waals surface area contributed by atoms with Gasteiger partial charge in [-0.05, 0) is 19.8 Å². The minimum atomic E-state index is -3.18. The van der Waals surface area contributed by atoms with Crippen LogP contribution in [-0.2, 0) is 14.8 Å². The monoisotopic (exact) mass is 234 g/mol. The fourth-order valence-electron chi connectivity index (χ4n) is 2.05. The van der Waals surface area contributed by atoms with Crippen LogP contribution in [0, 0.1) is 0 Å². The second-order valence-electron chi connectivity index (χ2n) is 4.14.